The van der Waals surface area contributed by atoms with Crippen LogP contribution in [0.25, 0.3) is 0 Å². The van der Waals surface area contributed by atoms with E-state index in [0.29, 0.717) is 16.8 Å². The van der Waals surface area contributed by atoms with E-state index < -0.39 is 0 Å². The van der Waals surface area contributed by atoms with Gasteiger partial charge < -0.3 is 10.6 Å². The molecule has 0 saturated heterocycles. The second kappa shape index (κ2) is 6.38. The van der Waals surface area contributed by atoms with E-state index in [9.17, 15) is 0 Å². The molecule has 19 heavy (non-hydrogen) atoms. The normalized spacial score (nSPS) is 10.3. The largest absolute Gasteiger partial charge is 0.354 e. The Labute approximate surface area is 118 Å². The van der Waals surface area contributed by atoms with Gasteiger partial charge in [-0.3, -0.25) is 0 Å². The molecule has 2 aromatic rings. The molecule has 1 heterocycles. The zero-order valence-corrected chi connectivity index (χ0v) is 11.8. The molecule has 0 saturated carbocycles. The van der Waals surface area contributed by atoms with Crippen LogP contribution in [0, 0.1) is 0 Å². The van der Waals surface area contributed by atoms with Crippen molar-refractivity contribution in [3.05, 3.63) is 41.0 Å². The number of aryl methyl sites for hydroxylation is 1. The molecule has 0 radical (unpaired) electrons. The molecule has 4 nitrogen and oxygen atoms in total. The van der Waals surface area contributed by atoms with Gasteiger partial charge in [0.15, 0.2) is 5.82 Å². The lowest BCUT2D eigenvalue weighted by molar-refractivity contribution is 1.09. The third-order valence-corrected chi connectivity index (χ3v) is 2.95. The van der Waals surface area contributed by atoms with Gasteiger partial charge in [-0.1, -0.05) is 30.7 Å². The van der Waals surface area contributed by atoms with Crippen molar-refractivity contribution in [2.45, 2.75) is 20.3 Å². The maximum absolute atomic E-state index is 6.10. The number of anilines is 3. The van der Waals surface area contributed by atoms with Crippen molar-refractivity contribution in [2.24, 2.45) is 0 Å². The van der Waals surface area contributed by atoms with E-state index in [1.807, 2.05) is 19.1 Å². The second-order valence-corrected chi connectivity index (χ2v) is 4.51. The topological polar surface area (TPSA) is 49.8 Å². The fourth-order valence-electron chi connectivity index (χ4n) is 1.70. The Kier molecular flexibility index (Phi) is 4.58. The molecule has 2 N–H and O–H groups in total. The number of halogens is 1. The lowest BCUT2D eigenvalue weighted by atomic mass is 10.1. The maximum Gasteiger partial charge on any atom is 0.224 e. The summed E-state index contributed by atoms with van der Waals surface area (Å²) >= 11 is 6.10. The molecule has 0 unspecified atom stereocenters. The van der Waals surface area contributed by atoms with Crippen molar-refractivity contribution in [2.75, 3.05) is 17.2 Å². The Morgan fingerprint density at radius 2 is 2.11 bits per heavy atom. The van der Waals surface area contributed by atoms with Gasteiger partial charge in [-0.2, -0.15) is 4.98 Å². The number of benzene rings is 1. The molecular weight excluding hydrogens is 260 g/mol. The third-order valence-electron chi connectivity index (χ3n) is 2.68. The Bertz CT molecular complexity index is 557. The molecule has 1 aromatic heterocycles. The molecule has 2 rings (SSSR count). The highest BCUT2D eigenvalue weighted by molar-refractivity contribution is 6.32. The van der Waals surface area contributed by atoms with Crippen LogP contribution in [0.1, 0.15) is 19.4 Å². The third kappa shape index (κ3) is 3.58. The van der Waals surface area contributed by atoms with Crippen LogP contribution in [-0.2, 0) is 6.42 Å². The number of aromatic nitrogens is 2. The highest BCUT2D eigenvalue weighted by atomic mass is 35.5. The average Bonchev–Trinajstić information content (AvgIpc) is 2.43. The summed E-state index contributed by atoms with van der Waals surface area (Å²) < 4.78 is 0. The van der Waals surface area contributed by atoms with Crippen molar-refractivity contribution >= 4 is 29.1 Å². The highest BCUT2D eigenvalue weighted by Gasteiger charge is 2.05. The Morgan fingerprint density at radius 1 is 1.26 bits per heavy atom. The molecule has 0 amide bonds. The smallest absolute Gasteiger partial charge is 0.224 e. The number of rotatable bonds is 5. The molecule has 0 atom stereocenters. The van der Waals surface area contributed by atoms with Crippen LogP contribution < -0.4 is 10.6 Å². The van der Waals surface area contributed by atoms with Gasteiger partial charge in [0.05, 0.1) is 6.20 Å². The van der Waals surface area contributed by atoms with Crippen molar-refractivity contribution in [3.8, 4) is 0 Å². The van der Waals surface area contributed by atoms with E-state index in [2.05, 4.69) is 39.7 Å². The van der Waals surface area contributed by atoms with Crippen molar-refractivity contribution in [1.29, 1.82) is 0 Å². The lowest BCUT2D eigenvalue weighted by Crippen LogP contribution is -2.04. The Balaban J connectivity index is 2.23. The molecule has 0 bridgehead atoms. The van der Waals surface area contributed by atoms with Crippen LogP contribution >= 0.6 is 11.6 Å². The molecule has 1 aromatic carbocycles. The lowest BCUT2D eigenvalue weighted by Gasteiger charge is -2.10. The van der Waals surface area contributed by atoms with E-state index in [4.69, 9.17) is 11.6 Å². The standard InChI is InChI=1S/C14H17ClN4/c1-3-10-6-5-7-11(8-10)18-13-12(15)9-17-14(19-13)16-4-2/h5-9H,3-4H2,1-2H3,(H2,16,17,18,19). The monoisotopic (exact) mass is 276 g/mol. The maximum atomic E-state index is 6.10. The predicted octanol–water partition coefficient (Wildman–Crippen LogP) is 3.87. The summed E-state index contributed by atoms with van der Waals surface area (Å²) in [4.78, 5) is 8.46. The molecular formula is C14H17ClN4. The van der Waals surface area contributed by atoms with Gasteiger partial charge in [-0.25, -0.2) is 4.98 Å². The zero-order valence-electron chi connectivity index (χ0n) is 11.1. The predicted molar refractivity (Wildman–Crippen MR) is 80.3 cm³/mol. The zero-order chi connectivity index (χ0) is 13.7. The van der Waals surface area contributed by atoms with Crippen LogP contribution in [0.15, 0.2) is 30.5 Å². The fourth-order valence-corrected chi connectivity index (χ4v) is 1.84. The fraction of sp³-hybridized carbons (Fsp3) is 0.286. The molecule has 100 valence electrons. The van der Waals surface area contributed by atoms with Crippen LogP contribution in [0.2, 0.25) is 5.02 Å². The SMILES string of the molecule is CCNc1ncc(Cl)c(Nc2cccc(CC)c2)n1. The van der Waals surface area contributed by atoms with E-state index in [1.54, 1.807) is 6.20 Å². The van der Waals surface area contributed by atoms with Gasteiger partial charge in [0, 0.05) is 12.2 Å². The summed E-state index contributed by atoms with van der Waals surface area (Å²) in [6.07, 6.45) is 2.59. The molecule has 0 aliphatic carbocycles. The van der Waals surface area contributed by atoms with Gasteiger partial charge in [-0.15, -0.1) is 0 Å². The number of hydrogen-bond donors (Lipinski definition) is 2. The van der Waals surface area contributed by atoms with Crippen molar-refractivity contribution in [3.63, 3.8) is 0 Å². The molecule has 5 heteroatoms. The summed E-state index contributed by atoms with van der Waals surface area (Å²) in [7, 11) is 0. The molecule has 0 spiro atoms. The van der Waals surface area contributed by atoms with E-state index >= 15 is 0 Å². The summed E-state index contributed by atoms with van der Waals surface area (Å²) in [5, 5.41) is 6.79. The summed E-state index contributed by atoms with van der Waals surface area (Å²) in [6, 6.07) is 8.19. The number of hydrogen-bond acceptors (Lipinski definition) is 4. The minimum Gasteiger partial charge on any atom is -0.354 e. The second-order valence-electron chi connectivity index (χ2n) is 4.10. The number of nitrogens with zero attached hydrogens (tertiary/aromatic N) is 2. The average molecular weight is 277 g/mol. The molecule has 0 aliphatic rings. The van der Waals surface area contributed by atoms with Crippen molar-refractivity contribution < 1.29 is 0 Å². The first-order chi connectivity index (χ1) is 9.22. The Hall–Kier alpha value is -1.81. The summed E-state index contributed by atoms with van der Waals surface area (Å²) in [5.41, 5.74) is 2.24. The highest BCUT2D eigenvalue weighted by Crippen LogP contribution is 2.24. The minimum absolute atomic E-state index is 0.503. The van der Waals surface area contributed by atoms with E-state index in [1.165, 1.54) is 5.56 Å². The van der Waals surface area contributed by atoms with E-state index in [0.717, 1.165) is 18.7 Å². The number of nitrogens with one attached hydrogen (secondary N) is 2. The van der Waals surface area contributed by atoms with Gasteiger partial charge in [0.25, 0.3) is 0 Å². The summed E-state index contributed by atoms with van der Waals surface area (Å²) in [6.45, 7) is 4.89. The van der Waals surface area contributed by atoms with Gasteiger partial charge in [-0.05, 0) is 31.0 Å². The van der Waals surface area contributed by atoms with Crippen molar-refractivity contribution in [1.82, 2.24) is 9.97 Å². The summed E-state index contributed by atoms with van der Waals surface area (Å²) in [5.74, 6) is 1.18. The minimum atomic E-state index is 0.503. The van der Waals surface area contributed by atoms with Gasteiger partial charge in [0.1, 0.15) is 5.02 Å². The van der Waals surface area contributed by atoms with Crippen LogP contribution in [0.3, 0.4) is 0 Å². The van der Waals surface area contributed by atoms with Crippen LogP contribution in [-0.4, -0.2) is 16.5 Å². The molecule has 0 aliphatic heterocycles. The van der Waals surface area contributed by atoms with Crippen LogP contribution in [0.4, 0.5) is 17.5 Å². The van der Waals surface area contributed by atoms with Crippen LogP contribution in [0.5, 0.6) is 0 Å². The first kappa shape index (κ1) is 13.6. The van der Waals surface area contributed by atoms with Gasteiger partial charge in [0.2, 0.25) is 5.95 Å². The first-order valence-electron chi connectivity index (χ1n) is 6.35. The molecule has 0 fully saturated rings. The first-order valence-corrected chi connectivity index (χ1v) is 6.73. The van der Waals surface area contributed by atoms with E-state index in [-0.39, 0.29) is 0 Å². The van der Waals surface area contributed by atoms with Gasteiger partial charge >= 0.3 is 0 Å². The Morgan fingerprint density at radius 3 is 2.84 bits per heavy atom. The quantitative estimate of drug-likeness (QED) is 0.870.